The van der Waals surface area contributed by atoms with Crippen LogP contribution in [0.25, 0.3) is 75.5 Å². The molecule has 1 spiro atoms. The van der Waals surface area contributed by atoms with Gasteiger partial charge in [0.2, 0.25) is 0 Å². The highest BCUT2D eigenvalue weighted by atomic mass is 32.1. The molecule has 0 saturated heterocycles. The van der Waals surface area contributed by atoms with Crippen molar-refractivity contribution in [3.8, 4) is 56.0 Å². The Labute approximate surface area is 307 Å². The lowest BCUT2D eigenvalue weighted by molar-refractivity contribution is -0.0399. The maximum Gasteiger partial charge on any atom is 0.135 e. The molecule has 0 radical (unpaired) electrons. The quantitative estimate of drug-likeness (QED) is 0.176. The van der Waals surface area contributed by atoms with Gasteiger partial charge in [-0.3, -0.25) is 0 Å². The molecule has 52 heavy (non-hydrogen) atoms. The third-order valence-corrected chi connectivity index (χ3v) is 15.2. The fraction of sp³-hybridized carbons (Fsp3) is 0.200. The molecular formula is C50H36OS. The molecule has 2 heteroatoms. The van der Waals surface area contributed by atoms with Crippen molar-refractivity contribution in [3.63, 3.8) is 0 Å². The largest absolute Gasteiger partial charge is 0.456 e. The van der Waals surface area contributed by atoms with Gasteiger partial charge in [-0.1, -0.05) is 97.1 Å². The Kier molecular flexibility index (Phi) is 5.48. The predicted octanol–water partition coefficient (Wildman–Crippen LogP) is 14.0. The van der Waals surface area contributed by atoms with Gasteiger partial charge in [0.1, 0.15) is 11.5 Å². The lowest BCUT2D eigenvalue weighted by Crippen LogP contribution is -2.55. The molecule has 4 fully saturated rings. The van der Waals surface area contributed by atoms with Gasteiger partial charge in [-0.25, -0.2) is 0 Å². The zero-order valence-electron chi connectivity index (χ0n) is 28.9. The van der Waals surface area contributed by atoms with Crippen LogP contribution in [0.5, 0.6) is 11.5 Å². The van der Waals surface area contributed by atoms with Crippen LogP contribution in [0.15, 0.2) is 133 Å². The molecule has 2 heterocycles. The van der Waals surface area contributed by atoms with Crippen LogP contribution in [-0.4, -0.2) is 0 Å². The third-order valence-electron chi connectivity index (χ3n) is 14.1. The summed E-state index contributed by atoms with van der Waals surface area (Å²) in [4.78, 5) is 0. The third kappa shape index (κ3) is 3.54. The van der Waals surface area contributed by atoms with Crippen molar-refractivity contribution in [1.82, 2.24) is 0 Å². The number of rotatable bonds is 2. The Morgan fingerprint density at radius 3 is 2.04 bits per heavy atom. The highest BCUT2D eigenvalue weighted by Crippen LogP contribution is 2.70. The molecule has 0 amide bonds. The maximum absolute atomic E-state index is 6.75. The molecule has 0 unspecified atom stereocenters. The fourth-order valence-electron chi connectivity index (χ4n) is 12.4. The molecule has 6 aliphatic rings. The predicted molar refractivity (Wildman–Crippen MR) is 216 cm³/mol. The monoisotopic (exact) mass is 684 g/mol. The van der Waals surface area contributed by atoms with Crippen molar-refractivity contribution in [2.24, 2.45) is 23.7 Å². The first-order valence-corrected chi connectivity index (χ1v) is 20.1. The van der Waals surface area contributed by atoms with E-state index in [9.17, 15) is 0 Å². The zero-order valence-corrected chi connectivity index (χ0v) is 29.7. The van der Waals surface area contributed by atoms with Crippen LogP contribution in [0, 0.1) is 23.7 Å². The van der Waals surface area contributed by atoms with Crippen molar-refractivity contribution in [1.29, 1.82) is 0 Å². The molecular weight excluding hydrogens is 649 g/mol. The van der Waals surface area contributed by atoms with Gasteiger partial charge in [0, 0.05) is 36.5 Å². The summed E-state index contributed by atoms with van der Waals surface area (Å²) in [7, 11) is 0. The molecule has 5 aliphatic carbocycles. The number of fused-ring (bicyclic) bond motifs is 8. The molecule has 0 N–H and O–H groups in total. The first-order chi connectivity index (χ1) is 25.7. The first-order valence-electron chi connectivity index (χ1n) is 19.3. The van der Waals surface area contributed by atoms with Gasteiger partial charge in [-0.15, -0.1) is 11.3 Å². The second-order valence-corrected chi connectivity index (χ2v) is 17.5. The van der Waals surface area contributed by atoms with Gasteiger partial charge >= 0.3 is 0 Å². The van der Waals surface area contributed by atoms with E-state index in [2.05, 4.69) is 133 Å². The Morgan fingerprint density at radius 1 is 0.462 bits per heavy atom. The summed E-state index contributed by atoms with van der Waals surface area (Å²) >= 11 is 1.87. The summed E-state index contributed by atoms with van der Waals surface area (Å²) in [5, 5.41) is 5.11. The summed E-state index contributed by atoms with van der Waals surface area (Å²) in [6, 6.07) is 50.7. The van der Waals surface area contributed by atoms with Crippen LogP contribution in [0.4, 0.5) is 0 Å². The lowest BCUT2D eigenvalue weighted by atomic mass is 9.43. The standard InChI is InChI=1S/C50H36OS/c1-3-12-42-39(8-1)48-35(9-6-13-43(48)50(42)32-22-28-21-29(24-32)25-33(50)23-28)31-15-18-44-40(26-31)38-11-5-10-37-34(17-19-45(51-44)49(37)38)30-16-20-47-41(27-30)36-7-2-4-14-46(36)52-47/h1-20,26-29,32-33H,21-25H2. The van der Waals surface area contributed by atoms with Crippen LogP contribution < -0.4 is 4.74 Å². The topological polar surface area (TPSA) is 9.23 Å². The second kappa shape index (κ2) is 10.0. The van der Waals surface area contributed by atoms with Crippen molar-refractivity contribution in [3.05, 3.63) is 145 Å². The van der Waals surface area contributed by atoms with E-state index in [-0.39, 0.29) is 5.41 Å². The van der Waals surface area contributed by atoms with E-state index in [1.807, 2.05) is 11.3 Å². The van der Waals surface area contributed by atoms with E-state index in [0.717, 1.165) is 35.2 Å². The van der Waals surface area contributed by atoms with Crippen molar-refractivity contribution in [2.75, 3.05) is 0 Å². The van der Waals surface area contributed by atoms with E-state index in [4.69, 9.17) is 4.74 Å². The highest BCUT2D eigenvalue weighted by Gasteiger charge is 2.61. The summed E-state index contributed by atoms with van der Waals surface area (Å²) < 4.78 is 9.43. The van der Waals surface area contributed by atoms with Crippen molar-refractivity contribution < 1.29 is 4.74 Å². The Bertz CT molecular complexity index is 2830. The van der Waals surface area contributed by atoms with Crippen LogP contribution >= 0.6 is 11.3 Å². The number of hydrogen-bond acceptors (Lipinski definition) is 2. The van der Waals surface area contributed by atoms with Crippen molar-refractivity contribution >= 4 is 42.3 Å². The number of ether oxygens (including phenoxy) is 1. The van der Waals surface area contributed by atoms with E-state index in [0.29, 0.717) is 0 Å². The minimum Gasteiger partial charge on any atom is -0.456 e. The first kappa shape index (κ1) is 28.4. The van der Waals surface area contributed by atoms with Gasteiger partial charge in [-0.2, -0.15) is 0 Å². The van der Waals surface area contributed by atoms with E-state index >= 15 is 0 Å². The smallest absolute Gasteiger partial charge is 0.135 e. The molecule has 1 aromatic heterocycles. The van der Waals surface area contributed by atoms with Gasteiger partial charge in [0.25, 0.3) is 0 Å². The highest BCUT2D eigenvalue weighted by molar-refractivity contribution is 7.25. The Morgan fingerprint density at radius 2 is 1.13 bits per heavy atom. The zero-order chi connectivity index (χ0) is 33.7. The van der Waals surface area contributed by atoms with Crippen LogP contribution in [0.2, 0.25) is 0 Å². The van der Waals surface area contributed by atoms with Crippen LogP contribution in [0.3, 0.4) is 0 Å². The number of thiophene rings is 1. The van der Waals surface area contributed by atoms with Gasteiger partial charge in [0.05, 0.1) is 0 Å². The molecule has 248 valence electrons. The summed E-state index contributed by atoms with van der Waals surface area (Å²) in [5.41, 5.74) is 13.9. The SMILES string of the molecule is c1ccc2c(c1)-c1c(-c3ccc4c(c3)-c3cccc5c(-c6ccc7sc8ccccc8c7c6)ccc(c35)O4)cccc1C21C2CC3CC(C2)CC1C3. The normalized spacial score (nSPS) is 24.4. The van der Waals surface area contributed by atoms with Gasteiger partial charge in [-0.05, 0) is 148 Å². The minimum absolute atomic E-state index is 0.173. The van der Waals surface area contributed by atoms with Crippen molar-refractivity contribution in [2.45, 2.75) is 37.5 Å². The van der Waals surface area contributed by atoms with Crippen LogP contribution in [0.1, 0.15) is 43.2 Å². The minimum atomic E-state index is 0.173. The number of hydrogen-bond donors (Lipinski definition) is 0. The molecule has 4 saturated carbocycles. The molecule has 8 aromatic rings. The summed E-state index contributed by atoms with van der Waals surface area (Å²) in [6.07, 6.45) is 7.11. The van der Waals surface area contributed by atoms with Gasteiger partial charge < -0.3 is 4.74 Å². The Balaban J connectivity index is 0.980. The van der Waals surface area contributed by atoms with Crippen LogP contribution in [-0.2, 0) is 5.41 Å². The average molecular weight is 685 g/mol. The molecule has 1 aliphatic heterocycles. The van der Waals surface area contributed by atoms with Gasteiger partial charge in [0.15, 0.2) is 0 Å². The summed E-state index contributed by atoms with van der Waals surface area (Å²) in [6.45, 7) is 0. The van der Waals surface area contributed by atoms with E-state index in [1.165, 1.54) is 108 Å². The lowest BCUT2D eigenvalue weighted by Gasteiger charge is -2.61. The second-order valence-electron chi connectivity index (χ2n) is 16.4. The van der Waals surface area contributed by atoms with E-state index < -0.39 is 0 Å². The molecule has 7 aromatic carbocycles. The molecule has 4 bridgehead atoms. The summed E-state index contributed by atoms with van der Waals surface area (Å²) in [5.74, 6) is 5.29. The average Bonchev–Trinajstić information content (AvgIpc) is 3.70. The maximum atomic E-state index is 6.75. The Hall–Kier alpha value is -5.18. The number of benzene rings is 7. The molecule has 1 nitrogen and oxygen atoms in total. The fourth-order valence-corrected chi connectivity index (χ4v) is 13.5. The van der Waals surface area contributed by atoms with E-state index in [1.54, 1.807) is 11.1 Å². The molecule has 0 atom stereocenters. The molecule has 14 rings (SSSR count).